The number of hydrogen-bond donors (Lipinski definition) is 1. The number of nitrogens with two attached hydrogens (primary N) is 1. The molecule has 1 unspecified atom stereocenters. The second-order valence-electron chi connectivity index (χ2n) is 7.62. The third kappa shape index (κ3) is 4.72. The van der Waals surface area contributed by atoms with E-state index in [1.165, 1.54) is 12.1 Å². The van der Waals surface area contributed by atoms with E-state index in [0.29, 0.717) is 12.1 Å². The molecule has 1 amide bonds. The summed E-state index contributed by atoms with van der Waals surface area (Å²) in [6, 6.07) is 13.5. The Bertz CT molecular complexity index is 1260. The summed E-state index contributed by atoms with van der Waals surface area (Å²) in [5, 5.41) is 5.21. The molecule has 1 heterocycles. The number of carbonyl (C=O) groups is 1. The third-order valence-corrected chi connectivity index (χ3v) is 6.48. The maximum Gasteiger partial charge on any atom is 0.329 e. The zero-order valence-electron chi connectivity index (χ0n) is 18.0. The van der Waals surface area contributed by atoms with E-state index in [1.54, 1.807) is 33.2 Å². The molecule has 8 nitrogen and oxygen atoms in total. The minimum Gasteiger partial charge on any atom is -0.339 e. The van der Waals surface area contributed by atoms with Crippen molar-refractivity contribution in [3.8, 4) is 0 Å². The third-order valence-electron chi connectivity index (χ3n) is 5.56. The first kappa shape index (κ1) is 22.8. The van der Waals surface area contributed by atoms with Gasteiger partial charge in [0.2, 0.25) is 15.9 Å². The van der Waals surface area contributed by atoms with Crippen molar-refractivity contribution in [3.05, 3.63) is 64.6 Å². The summed E-state index contributed by atoms with van der Waals surface area (Å²) in [7, 11) is -2.16. The van der Waals surface area contributed by atoms with Crippen molar-refractivity contribution in [1.29, 1.82) is 0 Å². The van der Waals surface area contributed by atoms with Crippen molar-refractivity contribution in [2.24, 2.45) is 5.14 Å². The number of fused-ring (bicyclic) bond motifs is 1. The SMILES string of the molecule is CCCn1c(=O)n(CCC(=O)N(C)C(C)c2cccc(S(N)(=O)=O)c2)c2ccccc21. The lowest BCUT2D eigenvalue weighted by Crippen LogP contribution is -2.32. The van der Waals surface area contributed by atoms with E-state index in [9.17, 15) is 18.0 Å². The second-order valence-corrected chi connectivity index (χ2v) is 9.18. The van der Waals surface area contributed by atoms with Crippen LogP contribution in [-0.2, 0) is 27.9 Å². The number of carbonyl (C=O) groups excluding carboxylic acids is 1. The largest absolute Gasteiger partial charge is 0.339 e. The molecular weight excluding hydrogens is 416 g/mol. The Morgan fingerprint density at radius 2 is 1.68 bits per heavy atom. The van der Waals surface area contributed by atoms with E-state index < -0.39 is 10.0 Å². The van der Waals surface area contributed by atoms with Crippen molar-refractivity contribution < 1.29 is 13.2 Å². The Balaban J connectivity index is 1.78. The number of aryl methyl sites for hydroxylation is 2. The molecule has 2 N–H and O–H groups in total. The number of hydrogen-bond acceptors (Lipinski definition) is 4. The van der Waals surface area contributed by atoms with Gasteiger partial charge in [-0.3, -0.25) is 13.9 Å². The molecule has 0 saturated carbocycles. The lowest BCUT2D eigenvalue weighted by Gasteiger charge is -2.26. The zero-order valence-corrected chi connectivity index (χ0v) is 18.8. The first-order valence-electron chi connectivity index (χ1n) is 10.2. The molecule has 3 aromatic rings. The molecule has 0 saturated heterocycles. The molecule has 0 aliphatic heterocycles. The highest BCUT2D eigenvalue weighted by atomic mass is 32.2. The van der Waals surface area contributed by atoms with Crippen molar-refractivity contribution in [2.45, 2.75) is 50.7 Å². The molecule has 0 aliphatic rings. The van der Waals surface area contributed by atoms with E-state index in [4.69, 9.17) is 5.14 Å². The summed E-state index contributed by atoms with van der Waals surface area (Å²) < 4.78 is 26.6. The summed E-state index contributed by atoms with van der Waals surface area (Å²) in [5.74, 6) is -0.146. The Kier molecular flexibility index (Phi) is 6.66. The minimum absolute atomic E-state index is 0.00739. The van der Waals surface area contributed by atoms with E-state index in [2.05, 4.69) is 0 Å². The number of amides is 1. The first-order valence-corrected chi connectivity index (χ1v) is 11.8. The van der Waals surface area contributed by atoms with Gasteiger partial charge in [-0.15, -0.1) is 0 Å². The van der Waals surface area contributed by atoms with Gasteiger partial charge < -0.3 is 4.90 Å². The molecule has 0 bridgehead atoms. The van der Waals surface area contributed by atoms with Gasteiger partial charge in [0.05, 0.1) is 22.0 Å². The molecular formula is C22H28N4O4S. The zero-order chi connectivity index (χ0) is 22.8. The van der Waals surface area contributed by atoms with Crippen molar-refractivity contribution in [3.63, 3.8) is 0 Å². The van der Waals surface area contributed by atoms with Gasteiger partial charge in [0.15, 0.2) is 0 Å². The molecule has 1 aromatic heterocycles. The molecule has 0 radical (unpaired) electrons. The highest BCUT2D eigenvalue weighted by molar-refractivity contribution is 7.89. The van der Waals surface area contributed by atoms with Crippen LogP contribution in [0.2, 0.25) is 0 Å². The van der Waals surface area contributed by atoms with E-state index >= 15 is 0 Å². The van der Waals surface area contributed by atoms with Crippen LogP contribution < -0.4 is 10.8 Å². The minimum atomic E-state index is -3.82. The number of rotatable bonds is 8. The summed E-state index contributed by atoms with van der Waals surface area (Å²) >= 11 is 0. The number of nitrogens with zero attached hydrogens (tertiary/aromatic N) is 3. The van der Waals surface area contributed by atoms with Crippen LogP contribution in [0.25, 0.3) is 11.0 Å². The fraction of sp³-hybridized carbons (Fsp3) is 0.364. The van der Waals surface area contributed by atoms with Crippen LogP contribution in [0.15, 0.2) is 58.2 Å². The van der Waals surface area contributed by atoms with Gasteiger partial charge >= 0.3 is 5.69 Å². The number of benzene rings is 2. The van der Waals surface area contributed by atoms with Crippen LogP contribution in [0.3, 0.4) is 0 Å². The second kappa shape index (κ2) is 9.07. The Morgan fingerprint density at radius 1 is 1.06 bits per heavy atom. The molecule has 0 fully saturated rings. The molecule has 31 heavy (non-hydrogen) atoms. The normalized spacial score (nSPS) is 12.8. The van der Waals surface area contributed by atoms with Gasteiger partial charge in [-0.05, 0) is 43.2 Å². The maximum absolute atomic E-state index is 12.9. The van der Waals surface area contributed by atoms with E-state index in [1.807, 2.05) is 38.1 Å². The molecule has 9 heteroatoms. The van der Waals surface area contributed by atoms with Crippen LogP contribution in [0.4, 0.5) is 0 Å². The van der Waals surface area contributed by atoms with Gasteiger partial charge in [0, 0.05) is 26.6 Å². The smallest absolute Gasteiger partial charge is 0.329 e. The van der Waals surface area contributed by atoms with Gasteiger partial charge in [-0.2, -0.15) is 0 Å². The Hall–Kier alpha value is -2.91. The monoisotopic (exact) mass is 444 g/mol. The fourth-order valence-corrected chi connectivity index (χ4v) is 4.27. The average molecular weight is 445 g/mol. The van der Waals surface area contributed by atoms with Crippen LogP contribution in [0.1, 0.15) is 38.3 Å². The Morgan fingerprint density at radius 3 is 2.26 bits per heavy atom. The lowest BCUT2D eigenvalue weighted by atomic mass is 10.1. The van der Waals surface area contributed by atoms with Crippen molar-refractivity contribution >= 4 is 27.0 Å². The van der Waals surface area contributed by atoms with Crippen LogP contribution in [0, 0.1) is 0 Å². The quantitative estimate of drug-likeness (QED) is 0.576. The fourth-order valence-electron chi connectivity index (χ4n) is 3.70. The molecule has 1 atom stereocenters. The van der Waals surface area contributed by atoms with Gasteiger partial charge in [0.25, 0.3) is 0 Å². The summed E-state index contributed by atoms with van der Waals surface area (Å²) in [6.07, 6.45) is 0.987. The summed E-state index contributed by atoms with van der Waals surface area (Å²) in [4.78, 5) is 27.3. The van der Waals surface area contributed by atoms with E-state index in [-0.39, 0.29) is 35.5 Å². The summed E-state index contributed by atoms with van der Waals surface area (Å²) in [6.45, 7) is 4.73. The van der Waals surface area contributed by atoms with Crippen LogP contribution in [-0.4, -0.2) is 35.4 Å². The first-order chi connectivity index (χ1) is 14.6. The van der Waals surface area contributed by atoms with Gasteiger partial charge in [-0.1, -0.05) is 31.2 Å². The highest BCUT2D eigenvalue weighted by Crippen LogP contribution is 2.22. The van der Waals surface area contributed by atoms with Crippen LogP contribution in [0.5, 0.6) is 0 Å². The molecule has 166 valence electrons. The van der Waals surface area contributed by atoms with Crippen molar-refractivity contribution in [1.82, 2.24) is 14.0 Å². The number of primary sulfonamides is 1. The lowest BCUT2D eigenvalue weighted by molar-refractivity contribution is -0.132. The number of sulfonamides is 1. The molecule has 0 spiro atoms. The summed E-state index contributed by atoms with van der Waals surface area (Å²) in [5.41, 5.74) is 2.22. The maximum atomic E-state index is 12.9. The number of para-hydroxylation sites is 2. The molecule has 3 rings (SSSR count). The predicted molar refractivity (Wildman–Crippen MR) is 120 cm³/mol. The molecule has 0 aliphatic carbocycles. The van der Waals surface area contributed by atoms with Crippen molar-refractivity contribution in [2.75, 3.05) is 7.05 Å². The topological polar surface area (TPSA) is 107 Å². The standard InChI is InChI=1S/C22H28N4O4S/c1-4-13-25-19-10-5-6-11-20(19)26(22(25)28)14-12-21(27)24(3)16(2)17-8-7-9-18(15-17)31(23,29)30/h5-11,15-16H,4,12-14H2,1-3H3,(H2,23,29,30). The average Bonchev–Trinajstić information content (AvgIpc) is 3.02. The highest BCUT2D eigenvalue weighted by Gasteiger charge is 2.20. The van der Waals surface area contributed by atoms with Gasteiger partial charge in [-0.25, -0.2) is 18.4 Å². The van der Waals surface area contributed by atoms with Gasteiger partial charge in [0.1, 0.15) is 0 Å². The molecule has 2 aromatic carbocycles. The Labute approximate surface area is 181 Å². The number of aromatic nitrogens is 2. The van der Waals surface area contributed by atoms with Crippen LogP contribution >= 0.6 is 0 Å². The predicted octanol–water partition coefficient (Wildman–Crippen LogP) is 2.47. The number of imidazole rings is 1. The van der Waals surface area contributed by atoms with E-state index in [0.717, 1.165) is 17.5 Å².